The fourth-order valence-electron chi connectivity index (χ4n) is 1.73. The molecule has 0 saturated heterocycles. The molecule has 1 aromatic heterocycles. The van der Waals surface area contributed by atoms with E-state index in [2.05, 4.69) is 15.6 Å². The van der Waals surface area contributed by atoms with E-state index in [1.165, 1.54) is 0 Å². The Labute approximate surface area is 153 Å². The minimum absolute atomic E-state index is 0.0895. The Bertz CT molecular complexity index is 666. The van der Waals surface area contributed by atoms with Gasteiger partial charge in [-0.3, -0.25) is 5.32 Å². The molecular weight excluding hydrogens is 338 g/mol. The van der Waals surface area contributed by atoms with Crippen LogP contribution in [-0.2, 0) is 11.3 Å². The Hall–Kier alpha value is -2.67. The lowest BCUT2D eigenvalue weighted by atomic mass is 10.2. The molecule has 0 unspecified atom stereocenters. The van der Waals surface area contributed by atoms with Crippen LogP contribution in [0.5, 0.6) is 5.75 Å². The lowest BCUT2D eigenvalue weighted by Gasteiger charge is -2.13. The molecule has 2 aromatic rings. The van der Waals surface area contributed by atoms with Crippen LogP contribution in [0, 0.1) is 0 Å². The fourth-order valence-corrected chi connectivity index (χ4v) is 1.91. The summed E-state index contributed by atoms with van der Waals surface area (Å²) < 4.78 is 10.5. The zero-order chi connectivity index (χ0) is 18.5. The summed E-state index contributed by atoms with van der Waals surface area (Å²) in [5.41, 5.74) is 1.04. The first-order valence-corrected chi connectivity index (χ1v) is 8.46. The van der Waals surface area contributed by atoms with Crippen LogP contribution >= 0.6 is 12.2 Å². The normalized spacial score (nSPS) is 9.24. The number of thiocarbonyl (C=S) groups is 1. The second-order valence-corrected chi connectivity index (χ2v) is 4.83. The van der Waals surface area contributed by atoms with Gasteiger partial charge in [-0.1, -0.05) is 44.2 Å². The van der Waals surface area contributed by atoms with Crippen LogP contribution in [0.1, 0.15) is 26.3 Å². The molecule has 1 heterocycles. The van der Waals surface area contributed by atoms with Gasteiger partial charge in [0, 0.05) is 6.20 Å². The number of rotatable bonds is 5. The van der Waals surface area contributed by atoms with Crippen LogP contribution in [0.2, 0.25) is 0 Å². The summed E-state index contributed by atoms with van der Waals surface area (Å²) >= 11 is 5.05. The van der Waals surface area contributed by atoms with Crippen LogP contribution < -0.4 is 15.4 Å². The summed E-state index contributed by atoms with van der Waals surface area (Å²) in [5.74, 6) is 0.953. The van der Waals surface area contributed by atoms with Gasteiger partial charge < -0.3 is 14.8 Å². The maximum Gasteiger partial charge on any atom is 0.413 e. The van der Waals surface area contributed by atoms with Crippen molar-refractivity contribution in [2.24, 2.45) is 0 Å². The third-order valence-electron chi connectivity index (χ3n) is 2.73. The van der Waals surface area contributed by atoms with Crippen LogP contribution in [0.15, 0.2) is 48.7 Å². The Morgan fingerprint density at radius 1 is 1.16 bits per heavy atom. The highest BCUT2D eigenvalue weighted by Crippen LogP contribution is 2.22. The summed E-state index contributed by atoms with van der Waals surface area (Å²) in [5, 5.41) is 5.30. The van der Waals surface area contributed by atoms with Crippen LogP contribution in [-0.4, -0.2) is 22.8 Å². The average molecular weight is 361 g/mol. The van der Waals surface area contributed by atoms with Gasteiger partial charge in [0.25, 0.3) is 0 Å². The third-order valence-corrected chi connectivity index (χ3v) is 2.93. The highest BCUT2D eigenvalue weighted by molar-refractivity contribution is 7.80. The number of pyridine rings is 1. The number of alkyl carbamates (subject to hydrolysis) is 1. The zero-order valence-corrected chi connectivity index (χ0v) is 15.4. The summed E-state index contributed by atoms with van der Waals surface area (Å²) in [6, 6.07) is 13.3. The number of nitrogens with one attached hydrogen (secondary N) is 2. The van der Waals surface area contributed by atoms with Gasteiger partial charge in [-0.2, -0.15) is 0 Å². The standard InChI is InChI=1S/C16H17N3O3S.C2H6/c1-2-21-16(20)19-15(23)18-14-13(9-6-10-17-14)22-11-12-7-4-3-5-8-12;1-2/h3-10H,2,11H2,1H3,(H2,17,18,19,20,23);1-2H3. The third kappa shape index (κ3) is 7.63. The van der Waals surface area contributed by atoms with E-state index in [9.17, 15) is 4.79 Å². The molecule has 2 rings (SSSR count). The number of amides is 1. The lowest BCUT2D eigenvalue weighted by molar-refractivity contribution is 0.158. The van der Waals surface area contributed by atoms with Crippen molar-refractivity contribution in [3.05, 3.63) is 54.2 Å². The molecule has 0 radical (unpaired) electrons. The van der Waals surface area contributed by atoms with E-state index in [0.717, 1.165) is 5.56 Å². The fraction of sp³-hybridized carbons (Fsp3) is 0.278. The first-order chi connectivity index (χ1) is 12.2. The number of ether oxygens (including phenoxy) is 2. The Morgan fingerprint density at radius 2 is 1.88 bits per heavy atom. The number of benzene rings is 1. The highest BCUT2D eigenvalue weighted by Gasteiger charge is 2.09. The molecule has 0 spiro atoms. The van der Waals surface area contributed by atoms with Gasteiger partial charge in [-0.25, -0.2) is 9.78 Å². The molecule has 6 nitrogen and oxygen atoms in total. The number of nitrogens with zero attached hydrogens (tertiary/aromatic N) is 1. The van der Waals surface area contributed by atoms with Crippen LogP contribution in [0.3, 0.4) is 0 Å². The summed E-state index contributed by atoms with van der Waals surface area (Å²) in [6.45, 7) is 6.38. The van der Waals surface area contributed by atoms with Crippen LogP contribution in [0.4, 0.5) is 10.6 Å². The number of aromatic nitrogens is 1. The first kappa shape index (κ1) is 20.4. The molecule has 0 bridgehead atoms. The summed E-state index contributed by atoms with van der Waals surface area (Å²) in [7, 11) is 0. The smallest absolute Gasteiger partial charge is 0.413 e. The molecule has 0 saturated carbocycles. The Morgan fingerprint density at radius 3 is 2.56 bits per heavy atom. The van der Waals surface area contributed by atoms with Gasteiger partial charge in [0.1, 0.15) is 6.61 Å². The second kappa shape index (κ2) is 11.8. The maximum atomic E-state index is 11.3. The average Bonchev–Trinajstić information content (AvgIpc) is 2.63. The van der Waals surface area contributed by atoms with Crippen molar-refractivity contribution in [2.45, 2.75) is 27.4 Å². The molecule has 0 atom stereocenters. The van der Waals surface area contributed by atoms with Crippen molar-refractivity contribution in [1.29, 1.82) is 0 Å². The van der Waals surface area contributed by atoms with Crippen molar-refractivity contribution in [3.8, 4) is 5.75 Å². The molecule has 1 aromatic carbocycles. The van der Waals surface area contributed by atoms with Gasteiger partial charge in [0.15, 0.2) is 16.7 Å². The predicted molar refractivity (Wildman–Crippen MR) is 103 cm³/mol. The number of hydrogen-bond acceptors (Lipinski definition) is 5. The number of carbonyl (C=O) groups is 1. The van der Waals surface area contributed by atoms with Crippen molar-refractivity contribution >= 4 is 29.2 Å². The van der Waals surface area contributed by atoms with E-state index >= 15 is 0 Å². The van der Waals surface area contributed by atoms with Crippen molar-refractivity contribution < 1.29 is 14.3 Å². The van der Waals surface area contributed by atoms with E-state index in [0.29, 0.717) is 18.2 Å². The molecule has 134 valence electrons. The molecule has 2 N–H and O–H groups in total. The van der Waals surface area contributed by atoms with Gasteiger partial charge in [0.2, 0.25) is 0 Å². The van der Waals surface area contributed by atoms with Gasteiger partial charge in [-0.15, -0.1) is 0 Å². The molecule has 7 heteroatoms. The van der Waals surface area contributed by atoms with Gasteiger partial charge >= 0.3 is 6.09 Å². The highest BCUT2D eigenvalue weighted by atomic mass is 32.1. The Balaban J connectivity index is 0.00000151. The largest absolute Gasteiger partial charge is 0.485 e. The zero-order valence-electron chi connectivity index (χ0n) is 14.6. The van der Waals surface area contributed by atoms with Crippen molar-refractivity contribution in [3.63, 3.8) is 0 Å². The van der Waals surface area contributed by atoms with E-state index < -0.39 is 6.09 Å². The van der Waals surface area contributed by atoms with E-state index in [4.69, 9.17) is 21.7 Å². The van der Waals surface area contributed by atoms with Crippen molar-refractivity contribution in [1.82, 2.24) is 10.3 Å². The Kier molecular flexibility index (Phi) is 9.62. The topological polar surface area (TPSA) is 72.5 Å². The van der Waals surface area contributed by atoms with Gasteiger partial charge in [0.05, 0.1) is 6.61 Å². The molecule has 0 aliphatic heterocycles. The lowest BCUT2D eigenvalue weighted by Crippen LogP contribution is -2.34. The SMILES string of the molecule is CC.CCOC(=O)NC(=S)Nc1ncccc1OCc1ccccc1. The summed E-state index contributed by atoms with van der Waals surface area (Å²) in [4.78, 5) is 15.5. The minimum Gasteiger partial charge on any atom is -0.485 e. The molecule has 0 aliphatic rings. The van der Waals surface area contributed by atoms with Gasteiger partial charge in [-0.05, 0) is 36.8 Å². The molecular formula is C18H23N3O3S. The predicted octanol–water partition coefficient (Wildman–Crippen LogP) is 4.13. The molecule has 0 fully saturated rings. The van der Waals surface area contributed by atoms with E-state index in [1.807, 2.05) is 44.2 Å². The van der Waals surface area contributed by atoms with E-state index in [-0.39, 0.29) is 11.7 Å². The molecule has 25 heavy (non-hydrogen) atoms. The number of hydrogen-bond donors (Lipinski definition) is 2. The maximum absolute atomic E-state index is 11.3. The monoisotopic (exact) mass is 361 g/mol. The first-order valence-electron chi connectivity index (χ1n) is 8.05. The summed E-state index contributed by atoms with van der Waals surface area (Å²) in [6.07, 6.45) is 0.984. The molecule has 0 aliphatic carbocycles. The minimum atomic E-state index is -0.618. The quantitative estimate of drug-likeness (QED) is 0.780. The van der Waals surface area contributed by atoms with E-state index in [1.54, 1.807) is 25.3 Å². The van der Waals surface area contributed by atoms with Crippen molar-refractivity contribution in [2.75, 3.05) is 11.9 Å². The molecule has 1 amide bonds. The van der Waals surface area contributed by atoms with Crippen LogP contribution in [0.25, 0.3) is 0 Å². The number of carbonyl (C=O) groups excluding carboxylic acids is 1. The number of anilines is 1. The second-order valence-electron chi connectivity index (χ2n) is 4.42.